The summed E-state index contributed by atoms with van der Waals surface area (Å²) in [7, 11) is 0. The summed E-state index contributed by atoms with van der Waals surface area (Å²) in [6, 6.07) is 4.93. The van der Waals surface area contributed by atoms with Gasteiger partial charge in [-0.1, -0.05) is 12.1 Å². The van der Waals surface area contributed by atoms with Gasteiger partial charge < -0.3 is 5.32 Å². The predicted octanol–water partition coefficient (Wildman–Crippen LogP) is 3.46. The van der Waals surface area contributed by atoms with Crippen LogP contribution in [-0.2, 0) is 4.79 Å². The molecule has 14 heavy (non-hydrogen) atoms. The third-order valence-electron chi connectivity index (χ3n) is 1.45. The number of benzene rings is 1. The van der Waals surface area contributed by atoms with Gasteiger partial charge in [-0.2, -0.15) is 0 Å². The summed E-state index contributed by atoms with van der Waals surface area (Å²) in [5.41, 5.74) is -0.178. The monoisotopic (exact) mass is 223 g/mol. The highest BCUT2D eigenvalue weighted by Crippen LogP contribution is 2.62. The second-order valence-corrected chi connectivity index (χ2v) is 3.84. The minimum atomic E-state index is -5.29. The van der Waals surface area contributed by atoms with Crippen LogP contribution in [0, 0.1) is 0 Å². The Labute approximate surface area is 81.3 Å². The van der Waals surface area contributed by atoms with Crippen molar-refractivity contribution in [2.24, 2.45) is 0 Å². The fourth-order valence-electron chi connectivity index (χ4n) is 0.961. The van der Waals surface area contributed by atoms with Gasteiger partial charge in [-0.05, 0) is 12.1 Å². The van der Waals surface area contributed by atoms with Crippen molar-refractivity contribution in [1.82, 2.24) is 0 Å². The Morgan fingerprint density at radius 1 is 1.29 bits per heavy atom. The number of carbonyl (C=O) groups is 1. The van der Waals surface area contributed by atoms with Crippen molar-refractivity contribution in [3.63, 3.8) is 0 Å². The van der Waals surface area contributed by atoms with E-state index in [2.05, 4.69) is 5.32 Å². The van der Waals surface area contributed by atoms with Crippen LogP contribution in [0.5, 0.6) is 0 Å². The van der Waals surface area contributed by atoms with E-state index in [0.717, 1.165) is 6.07 Å². The molecule has 6 heteroatoms. The van der Waals surface area contributed by atoms with E-state index in [9.17, 15) is 16.5 Å². The van der Waals surface area contributed by atoms with E-state index in [1.807, 2.05) is 0 Å². The molecule has 0 unspecified atom stereocenters. The highest BCUT2D eigenvalue weighted by molar-refractivity contribution is 8.21. The first kappa shape index (κ1) is 10.9. The van der Waals surface area contributed by atoms with Gasteiger partial charge in [-0.3, -0.25) is 4.79 Å². The molecular formula is C8H8F3NOS. The molecule has 1 amide bonds. The van der Waals surface area contributed by atoms with Gasteiger partial charge in [-0.15, -0.1) is 11.7 Å². The lowest BCUT2D eigenvalue weighted by atomic mass is 10.3. The van der Waals surface area contributed by atoms with Gasteiger partial charge in [0.05, 0.1) is 5.69 Å². The maximum Gasteiger partial charge on any atom is 0.239 e. The minimum Gasteiger partial charge on any atom is -0.325 e. The van der Waals surface area contributed by atoms with E-state index < -0.39 is 22.0 Å². The van der Waals surface area contributed by atoms with Crippen LogP contribution in [0.3, 0.4) is 0 Å². The Kier molecular flexibility index (Phi) is 3.05. The maximum atomic E-state index is 12.4. The van der Waals surface area contributed by atoms with Gasteiger partial charge in [0.1, 0.15) is 4.90 Å². The molecule has 1 rings (SSSR count). The van der Waals surface area contributed by atoms with E-state index in [-0.39, 0.29) is 5.69 Å². The number of hydrogen-bond acceptors (Lipinski definition) is 1. The number of hydrogen-bond donors (Lipinski definition) is 1. The van der Waals surface area contributed by atoms with Gasteiger partial charge >= 0.3 is 0 Å². The molecule has 1 N–H and O–H groups in total. The van der Waals surface area contributed by atoms with Gasteiger partial charge in [0, 0.05) is 6.92 Å². The first-order chi connectivity index (χ1) is 6.41. The molecule has 0 bridgehead atoms. The van der Waals surface area contributed by atoms with Crippen molar-refractivity contribution in [3.05, 3.63) is 24.3 Å². The highest BCUT2D eigenvalue weighted by Gasteiger charge is 2.27. The summed E-state index contributed by atoms with van der Waals surface area (Å²) in [5, 5.41) is 2.14. The summed E-state index contributed by atoms with van der Waals surface area (Å²) < 4.78 is 37.3. The molecule has 1 aromatic carbocycles. The predicted molar refractivity (Wildman–Crippen MR) is 49.9 cm³/mol. The van der Waals surface area contributed by atoms with E-state index >= 15 is 0 Å². The van der Waals surface area contributed by atoms with E-state index in [0.29, 0.717) is 0 Å². The molecule has 0 atom stereocenters. The molecule has 2 nitrogen and oxygen atoms in total. The lowest BCUT2D eigenvalue weighted by Gasteiger charge is -2.14. The zero-order valence-electron chi connectivity index (χ0n) is 7.26. The number of para-hydroxylation sites is 1. The summed E-state index contributed by atoms with van der Waals surface area (Å²) in [4.78, 5) is 9.87. The smallest absolute Gasteiger partial charge is 0.239 e. The number of nitrogens with one attached hydrogen (secondary N) is 1. The Hall–Kier alpha value is -1.17. The summed E-state index contributed by atoms with van der Waals surface area (Å²) in [6.07, 6.45) is 0. The van der Waals surface area contributed by atoms with Gasteiger partial charge in [0.15, 0.2) is 0 Å². The van der Waals surface area contributed by atoms with Crippen LogP contribution in [0.15, 0.2) is 29.2 Å². The Morgan fingerprint density at radius 2 is 1.86 bits per heavy atom. The zero-order chi connectivity index (χ0) is 10.8. The molecule has 0 aliphatic heterocycles. The zero-order valence-corrected chi connectivity index (χ0v) is 8.08. The molecule has 0 fully saturated rings. The third-order valence-corrected chi connectivity index (χ3v) is 2.30. The molecule has 1 aromatic rings. The molecule has 0 aliphatic rings. The minimum absolute atomic E-state index is 0.178. The van der Waals surface area contributed by atoms with Crippen LogP contribution >= 0.6 is 11.2 Å². The van der Waals surface area contributed by atoms with Gasteiger partial charge in [0.25, 0.3) is 0 Å². The largest absolute Gasteiger partial charge is 0.325 e. The average Bonchev–Trinajstić information content (AvgIpc) is 2.01. The number of amides is 1. The third kappa shape index (κ3) is 2.66. The van der Waals surface area contributed by atoms with Crippen molar-refractivity contribution in [2.75, 3.05) is 5.32 Å². The molecule has 0 spiro atoms. The van der Waals surface area contributed by atoms with Crippen molar-refractivity contribution in [1.29, 1.82) is 0 Å². The van der Waals surface area contributed by atoms with Crippen molar-refractivity contribution < 1.29 is 16.5 Å². The lowest BCUT2D eigenvalue weighted by molar-refractivity contribution is -0.114. The van der Waals surface area contributed by atoms with Crippen LogP contribution in [0.25, 0.3) is 0 Å². The SMILES string of the molecule is CC(=O)Nc1ccccc1S(F)(F)F. The van der Waals surface area contributed by atoms with Crippen molar-refractivity contribution in [3.8, 4) is 0 Å². The van der Waals surface area contributed by atoms with Crippen LogP contribution in [0.4, 0.5) is 17.3 Å². The fourth-order valence-corrected chi connectivity index (χ4v) is 1.56. The van der Waals surface area contributed by atoms with E-state index in [4.69, 9.17) is 0 Å². The standard InChI is InChI=1S/C8H8F3NOS/c1-6(13)12-7-4-2-3-5-8(7)14(9,10)11/h2-5H,1H3,(H,12,13). The second-order valence-electron chi connectivity index (χ2n) is 2.58. The van der Waals surface area contributed by atoms with Crippen LogP contribution in [0.1, 0.15) is 6.92 Å². The highest BCUT2D eigenvalue weighted by atomic mass is 32.3. The average molecular weight is 223 g/mol. The maximum absolute atomic E-state index is 12.4. The molecule has 0 saturated heterocycles. The molecule has 0 saturated carbocycles. The Balaban J connectivity index is 3.10. The van der Waals surface area contributed by atoms with E-state index in [1.54, 1.807) is 0 Å². The molecule has 0 radical (unpaired) electrons. The number of rotatable bonds is 2. The second kappa shape index (κ2) is 3.91. The quantitative estimate of drug-likeness (QED) is 0.817. The normalized spacial score (nSPS) is 12.3. The number of carbonyl (C=O) groups excluding carboxylic acids is 1. The first-order valence-corrected chi connectivity index (χ1v) is 5.03. The molecule has 0 aliphatic carbocycles. The van der Waals surface area contributed by atoms with Crippen LogP contribution in [-0.4, -0.2) is 5.91 Å². The fraction of sp³-hybridized carbons (Fsp3) is 0.125. The Morgan fingerprint density at radius 3 is 2.36 bits per heavy atom. The number of halogens is 3. The van der Waals surface area contributed by atoms with Crippen molar-refractivity contribution >= 4 is 22.8 Å². The topological polar surface area (TPSA) is 29.1 Å². The van der Waals surface area contributed by atoms with Gasteiger partial charge in [0.2, 0.25) is 17.1 Å². The van der Waals surface area contributed by atoms with Crippen molar-refractivity contribution in [2.45, 2.75) is 11.8 Å². The Bertz CT molecular complexity index is 351. The van der Waals surface area contributed by atoms with E-state index in [1.165, 1.54) is 25.1 Å². The van der Waals surface area contributed by atoms with Crippen LogP contribution in [0.2, 0.25) is 0 Å². The lowest BCUT2D eigenvalue weighted by Crippen LogP contribution is -2.07. The summed E-state index contributed by atoms with van der Waals surface area (Å²) >= 11 is -5.29. The summed E-state index contributed by atoms with van der Waals surface area (Å²) in [6.45, 7) is 1.17. The molecule has 0 heterocycles. The van der Waals surface area contributed by atoms with Crippen LogP contribution < -0.4 is 5.32 Å². The molecule has 78 valence electrons. The van der Waals surface area contributed by atoms with Gasteiger partial charge in [-0.25, -0.2) is 0 Å². The molecular weight excluding hydrogens is 215 g/mol. The first-order valence-electron chi connectivity index (χ1n) is 3.70. The summed E-state index contributed by atoms with van der Waals surface area (Å²) in [5.74, 6) is -0.513. The molecule has 0 aromatic heterocycles. The number of anilines is 1.